The topological polar surface area (TPSA) is 29.5 Å². The molecule has 1 saturated heterocycles. The van der Waals surface area contributed by atoms with Gasteiger partial charge in [-0.15, -0.1) is 0 Å². The van der Waals surface area contributed by atoms with Crippen molar-refractivity contribution in [2.45, 2.75) is 32.1 Å². The molecule has 5 heteroatoms. The van der Waals surface area contributed by atoms with Gasteiger partial charge in [-0.1, -0.05) is 13.3 Å². The molecule has 0 aliphatic carbocycles. The van der Waals surface area contributed by atoms with E-state index in [0.717, 1.165) is 0 Å². The number of carbonyl (C=O) groups is 1. The predicted octanol–water partition coefficient (Wildman–Crippen LogP) is 1.92. The summed E-state index contributed by atoms with van der Waals surface area (Å²) in [7, 11) is 2.92. The molecule has 0 bridgehead atoms. The summed E-state index contributed by atoms with van der Waals surface area (Å²) in [5.41, 5.74) is -1.66. The van der Waals surface area contributed by atoms with E-state index >= 15 is 0 Å². The van der Waals surface area contributed by atoms with E-state index in [1.807, 2.05) is 0 Å². The van der Waals surface area contributed by atoms with Gasteiger partial charge in [0.25, 0.3) is 5.92 Å². The lowest BCUT2D eigenvalue weighted by Crippen LogP contribution is -2.59. The van der Waals surface area contributed by atoms with Gasteiger partial charge in [-0.2, -0.15) is 0 Å². The van der Waals surface area contributed by atoms with Crippen LogP contribution in [0.3, 0.4) is 0 Å². The van der Waals surface area contributed by atoms with Gasteiger partial charge >= 0.3 is 5.97 Å². The molecule has 0 aromatic heterocycles. The molecule has 1 heterocycles. The number of likely N-dealkylation sites (tertiary alicyclic amines) is 1. The number of rotatable bonds is 3. The Bertz CT molecular complexity index is 271. The van der Waals surface area contributed by atoms with Gasteiger partial charge < -0.3 is 9.64 Å². The Morgan fingerprint density at radius 2 is 2.12 bits per heavy atom. The van der Waals surface area contributed by atoms with Crippen LogP contribution in [0.4, 0.5) is 8.78 Å². The number of methoxy groups -OCH3 is 1. The molecule has 0 N–H and O–H groups in total. The Morgan fingerprint density at radius 1 is 1.50 bits per heavy atom. The molecule has 3 nitrogen and oxygen atoms in total. The van der Waals surface area contributed by atoms with Gasteiger partial charge in [0.2, 0.25) is 0 Å². The highest BCUT2D eigenvalue weighted by Crippen LogP contribution is 2.47. The van der Waals surface area contributed by atoms with Crippen LogP contribution in [-0.4, -0.2) is 44.0 Å². The Hall–Kier alpha value is -0.710. The van der Waals surface area contributed by atoms with Crippen molar-refractivity contribution in [3.8, 4) is 0 Å². The van der Waals surface area contributed by atoms with Crippen molar-refractivity contribution in [1.82, 2.24) is 4.90 Å². The minimum absolute atomic E-state index is 0.0700. The highest BCUT2D eigenvalue weighted by atomic mass is 19.3. The van der Waals surface area contributed by atoms with Crippen LogP contribution < -0.4 is 0 Å². The molecule has 1 fully saturated rings. The number of hydrogen-bond donors (Lipinski definition) is 0. The zero-order valence-electron chi connectivity index (χ0n) is 10.1. The molecule has 1 aliphatic heterocycles. The summed E-state index contributed by atoms with van der Waals surface area (Å²) in [5.74, 6) is -3.76. The summed E-state index contributed by atoms with van der Waals surface area (Å²) in [5, 5.41) is 0. The molecule has 1 unspecified atom stereocenters. The van der Waals surface area contributed by atoms with Gasteiger partial charge in [-0.3, -0.25) is 4.79 Å². The predicted molar refractivity (Wildman–Crippen MR) is 56.4 cm³/mol. The first-order valence-corrected chi connectivity index (χ1v) is 5.54. The molecule has 0 aromatic rings. The fourth-order valence-corrected chi connectivity index (χ4v) is 2.43. The van der Waals surface area contributed by atoms with Gasteiger partial charge in [0.15, 0.2) is 0 Å². The van der Waals surface area contributed by atoms with Crippen LogP contribution in [0.5, 0.6) is 0 Å². The molecule has 1 rings (SSSR count). The minimum atomic E-state index is -2.97. The van der Waals surface area contributed by atoms with Crippen LogP contribution in [0.15, 0.2) is 0 Å². The van der Waals surface area contributed by atoms with Crippen LogP contribution in [0, 0.1) is 5.41 Å². The van der Waals surface area contributed by atoms with Crippen molar-refractivity contribution in [2.75, 3.05) is 27.2 Å². The fraction of sp³-hybridized carbons (Fsp3) is 0.909. The maximum atomic E-state index is 14.0. The smallest absolute Gasteiger partial charge is 0.319 e. The highest BCUT2D eigenvalue weighted by Gasteiger charge is 2.61. The van der Waals surface area contributed by atoms with E-state index in [0.29, 0.717) is 13.0 Å². The van der Waals surface area contributed by atoms with E-state index in [1.54, 1.807) is 18.9 Å². The number of piperidine rings is 1. The molecule has 1 atom stereocenters. The molecule has 0 saturated carbocycles. The lowest BCUT2D eigenvalue weighted by molar-refractivity contribution is -0.200. The monoisotopic (exact) mass is 235 g/mol. The number of alkyl halides is 2. The van der Waals surface area contributed by atoms with Gasteiger partial charge in [0.1, 0.15) is 5.41 Å². The standard InChI is InChI=1S/C11H19F2NO2/c1-4-5-10(9(15)16-3)8-14(2)7-6-11(10,12)13/h4-8H2,1-3H3. The minimum Gasteiger partial charge on any atom is -0.468 e. The van der Waals surface area contributed by atoms with Crippen molar-refractivity contribution >= 4 is 5.97 Å². The third-order valence-electron chi connectivity index (χ3n) is 3.30. The Kier molecular flexibility index (Phi) is 3.88. The lowest BCUT2D eigenvalue weighted by Gasteiger charge is -2.44. The first-order valence-electron chi connectivity index (χ1n) is 5.54. The van der Waals surface area contributed by atoms with Crippen LogP contribution in [0.2, 0.25) is 0 Å². The summed E-state index contributed by atoms with van der Waals surface area (Å²) in [6.45, 7) is 2.19. The molecule has 16 heavy (non-hydrogen) atoms. The summed E-state index contributed by atoms with van der Waals surface area (Å²) >= 11 is 0. The first-order chi connectivity index (χ1) is 7.39. The van der Waals surface area contributed by atoms with E-state index in [4.69, 9.17) is 0 Å². The maximum Gasteiger partial charge on any atom is 0.319 e. The number of esters is 1. The molecule has 0 radical (unpaired) electrons. The molecule has 0 aromatic carbocycles. The largest absolute Gasteiger partial charge is 0.468 e. The molecule has 0 spiro atoms. The number of halogens is 2. The SMILES string of the molecule is CCCC1(C(=O)OC)CN(C)CCC1(F)F. The number of ether oxygens (including phenoxy) is 1. The molecule has 0 amide bonds. The summed E-state index contributed by atoms with van der Waals surface area (Å²) in [6, 6.07) is 0. The summed E-state index contributed by atoms with van der Waals surface area (Å²) < 4.78 is 32.6. The van der Waals surface area contributed by atoms with Crippen molar-refractivity contribution in [3.63, 3.8) is 0 Å². The molecule has 1 aliphatic rings. The van der Waals surface area contributed by atoms with Gasteiger partial charge in [0, 0.05) is 19.5 Å². The van der Waals surface area contributed by atoms with Crippen LogP contribution in [0.25, 0.3) is 0 Å². The van der Waals surface area contributed by atoms with E-state index in [-0.39, 0.29) is 19.4 Å². The van der Waals surface area contributed by atoms with Gasteiger partial charge in [0.05, 0.1) is 7.11 Å². The average molecular weight is 235 g/mol. The van der Waals surface area contributed by atoms with E-state index in [2.05, 4.69) is 4.74 Å². The Balaban J connectivity index is 3.07. The van der Waals surface area contributed by atoms with Gasteiger partial charge in [-0.05, 0) is 13.5 Å². The molecular formula is C11H19F2NO2. The van der Waals surface area contributed by atoms with E-state index in [9.17, 15) is 13.6 Å². The van der Waals surface area contributed by atoms with Crippen LogP contribution in [0.1, 0.15) is 26.2 Å². The van der Waals surface area contributed by atoms with Crippen molar-refractivity contribution < 1.29 is 18.3 Å². The highest BCUT2D eigenvalue weighted by molar-refractivity contribution is 5.78. The normalized spacial score (nSPS) is 30.1. The average Bonchev–Trinajstić information content (AvgIpc) is 2.23. The molecule has 94 valence electrons. The number of hydrogen-bond acceptors (Lipinski definition) is 3. The third-order valence-corrected chi connectivity index (χ3v) is 3.30. The van der Waals surface area contributed by atoms with Crippen molar-refractivity contribution in [2.24, 2.45) is 5.41 Å². The van der Waals surface area contributed by atoms with E-state index in [1.165, 1.54) is 7.11 Å². The second kappa shape index (κ2) is 4.65. The van der Waals surface area contributed by atoms with Crippen LogP contribution in [-0.2, 0) is 9.53 Å². The Labute approximate surface area is 94.7 Å². The fourth-order valence-electron chi connectivity index (χ4n) is 2.43. The lowest BCUT2D eigenvalue weighted by atomic mass is 9.73. The zero-order valence-corrected chi connectivity index (χ0v) is 10.1. The first kappa shape index (κ1) is 13.4. The Morgan fingerprint density at radius 3 is 2.62 bits per heavy atom. The number of nitrogens with zero attached hydrogens (tertiary/aromatic N) is 1. The van der Waals surface area contributed by atoms with Crippen molar-refractivity contribution in [3.05, 3.63) is 0 Å². The van der Waals surface area contributed by atoms with Crippen LogP contribution >= 0.6 is 0 Å². The molecular weight excluding hydrogens is 216 g/mol. The number of carbonyl (C=O) groups excluding carboxylic acids is 1. The second-order valence-corrected chi connectivity index (χ2v) is 4.52. The second-order valence-electron chi connectivity index (χ2n) is 4.52. The van der Waals surface area contributed by atoms with Gasteiger partial charge in [-0.25, -0.2) is 8.78 Å². The van der Waals surface area contributed by atoms with Crippen molar-refractivity contribution in [1.29, 1.82) is 0 Å². The zero-order chi connectivity index (χ0) is 12.4. The maximum absolute atomic E-state index is 14.0. The third kappa shape index (κ3) is 2.05. The quantitative estimate of drug-likeness (QED) is 0.700. The van der Waals surface area contributed by atoms with E-state index < -0.39 is 17.3 Å². The summed E-state index contributed by atoms with van der Waals surface area (Å²) in [6.07, 6.45) is 0.425. The summed E-state index contributed by atoms with van der Waals surface area (Å²) in [4.78, 5) is 13.5.